The quantitative estimate of drug-likeness (QED) is 0.741. The molecule has 0 saturated heterocycles. The van der Waals surface area contributed by atoms with E-state index in [2.05, 4.69) is 4.57 Å². The third-order valence-corrected chi connectivity index (χ3v) is 2.71. The van der Waals surface area contributed by atoms with E-state index in [9.17, 15) is 4.79 Å². The maximum Gasteiger partial charge on any atom is 0.150 e. The number of aldehydes is 1. The van der Waals surface area contributed by atoms with Gasteiger partial charge in [0.15, 0.2) is 0 Å². The number of carbonyl (C=O) groups excluding carboxylic acids is 1. The van der Waals surface area contributed by atoms with Crippen LogP contribution in [0.4, 0.5) is 0 Å². The lowest BCUT2D eigenvalue weighted by Crippen LogP contribution is -2.09. The van der Waals surface area contributed by atoms with E-state index in [-0.39, 0.29) is 6.10 Å². The van der Waals surface area contributed by atoms with E-state index in [1.807, 2.05) is 44.3 Å². The number of nitrogens with zero attached hydrogens (tertiary/aromatic N) is 1. The van der Waals surface area contributed by atoms with Gasteiger partial charge in [-0.25, -0.2) is 0 Å². The van der Waals surface area contributed by atoms with Gasteiger partial charge >= 0.3 is 0 Å². The minimum atomic E-state index is 0.262. The molecule has 3 heteroatoms. The van der Waals surface area contributed by atoms with E-state index in [4.69, 9.17) is 4.74 Å². The van der Waals surface area contributed by atoms with Gasteiger partial charge in [0.2, 0.25) is 0 Å². The van der Waals surface area contributed by atoms with Gasteiger partial charge < -0.3 is 9.30 Å². The van der Waals surface area contributed by atoms with Gasteiger partial charge in [0.1, 0.15) is 6.29 Å². The highest BCUT2D eigenvalue weighted by molar-refractivity contribution is 5.87. The lowest BCUT2D eigenvalue weighted by Gasteiger charge is -2.09. The molecule has 90 valence electrons. The Kier molecular flexibility index (Phi) is 3.59. The number of ether oxygens (including phenoxy) is 1. The molecule has 0 bridgehead atoms. The Bertz CT molecular complexity index is 514. The fourth-order valence-corrected chi connectivity index (χ4v) is 1.87. The van der Waals surface area contributed by atoms with Crippen molar-refractivity contribution < 1.29 is 9.53 Å². The van der Waals surface area contributed by atoms with Gasteiger partial charge in [0, 0.05) is 29.2 Å². The van der Waals surface area contributed by atoms with Gasteiger partial charge in [-0.1, -0.05) is 0 Å². The summed E-state index contributed by atoms with van der Waals surface area (Å²) in [7, 11) is 0. The molecule has 0 unspecified atom stereocenters. The average molecular weight is 231 g/mol. The van der Waals surface area contributed by atoms with Gasteiger partial charge in [0.25, 0.3) is 0 Å². The largest absolute Gasteiger partial charge is 0.377 e. The molecule has 0 aliphatic heterocycles. The Morgan fingerprint density at radius 2 is 2.18 bits per heavy atom. The molecule has 2 rings (SSSR count). The highest BCUT2D eigenvalue weighted by Gasteiger charge is 2.02. The summed E-state index contributed by atoms with van der Waals surface area (Å²) in [4.78, 5) is 10.7. The molecular formula is C14H17NO2. The molecule has 2 aromatic rings. The molecule has 1 heterocycles. The molecule has 0 N–H and O–H groups in total. The Labute approximate surface area is 101 Å². The molecule has 0 atom stereocenters. The Morgan fingerprint density at radius 3 is 2.88 bits per heavy atom. The summed E-state index contributed by atoms with van der Waals surface area (Å²) in [6.07, 6.45) is 3.17. The number of aromatic nitrogens is 1. The van der Waals surface area contributed by atoms with Crippen molar-refractivity contribution in [3.05, 3.63) is 36.0 Å². The van der Waals surface area contributed by atoms with Gasteiger partial charge in [0.05, 0.1) is 12.7 Å². The van der Waals surface area contributed by atoms with Gasteiger partial charge in [-0.05, 0) is 38.1 Å². The molecule has 0 radical (unpaired) electrons. The van der Waals surface area contributed by atoms with E-state index in [1.165, 1.54) is 0 Å². The van der Waals surface area contributed by atoms with Crippen molar-refractivity contribution in [3.8, 4) is 0 Å². The first-order valence-electron chi connectivity index (χ1n) is 5.86. The zero-order chi connectivity index (χ0) is 12.3. The van der Waals surface area contributed by atoms with Crippen LogP contribution >= 0.6 is 0 Å². The summed E-state index contributed by atoms with van der Waals surface area (Å²) >= 11 is 0. The van der Waals surface area contributed by atoms with Crippen molar-refractivity contribution in [1.29, 1.82) is 0 Å². The van der Waals surface area contributed by atoms with Crippen LogP contribution in [0.25, 0.3) is 10.9 Å². The van der Waals surface area contributed by atoms with Crippen molar-refractivity contribution in [3.63, 3.8) is 0 Å². The third-order valence-electron chi connectivity index (χ3n) is 2.71. The van der Waals surface area contributed by atoms with Crippen LogP contribution in [0.3, 0.4) is 0 Å². The maximum absolute atomic E-state index is 10.7. The molecule has 0 fully saturated rings. The first-order valence-corrected chi connectivity index (χ1v) is 5.86. The number of hydrogen-bond acceptors (Lipinski definition) is 2. The second-order valence-corrected chi connectivity index (χ2v) is 4.36. The number of fused-ring (bicyclic) bond motifs is 1. The lowest BCUT2D eigenvalue weighted by molar-refractivity contribution is 0.0733. The normalized spacial score (nSPS) is 11.2. The second-order valence-electron chi connectivity index (χ2n) is 4.36. The smallest absolute Gasteiger partial charge is 0.150 e. The molecular weight excluding hydrogens is 214 g/mol. The van der Waals surface area contributed by atoms with Crippen molar-refractivity contribution in [2.24, 2.45) is 0 Å². The predicted molar refractivity (Wildman–Crippen MR) is 68.4 cm³/mol. The Balaban J connectivity index is 2.16. The molecule has 17 heavy (non-hydrogen) atoms. The monoisotopic (exact) mass is 231 g/mol. The summed E-state index contributed by atoms with van der Waals surface area (Å²) in [6, 6.07) is 7.75. The van der Waals surface area contributed by atoms with Gasteiger partial charge in [-0.2, -0.15) is 0 Å². The van der Waals surface area contributed by atoms with E-state index >= 15 is 0 Å². The van der Waals surface area contributed by atoms with Crippen LogP contribution in [0.5, 0.6) is 0 Å². The number of benzene rings is 1. The van der Waals surface area contributed by atoms with Crippen LogP contribution in [-0.2, 0) is 11.3 Å². The zero-order valence-corrected chi connectivity index (χ0v) is 10.2. The summed E-state index contributed by atoms with van der Waals surface area (Å²) in [6.45, 7) is 5.60. The van der Waals surface area contributed by atoms with E-state index in [0.717, 1.165) is 23.7 Å². The Morgan fingerprint density at radius 1 is 1.35 bits per heavy atom. The minimum absolute atomic E-state index is 0.262. The average Bonchev–Trinajstić information content (AvgIpc) is 2.71. The third kappa shape index (κ3) is 2.74. The molecule has 3 nitrogen and oxygen atoms in total. The van der Waals surface area contributed by atoms with Crippen LogP contribution in [0.1, 0.15) is 24.2 Å². The van der Waals surface area contributed by atoms with Crippen molar-refractivity contribution in [2.45, 2.75) is 26.5 Å². The van der Waals surface area contributed by atoms with Crippen LogP contribution in [0.2, 0.25) is 0 Å². The number of rotatable bonds is 5. The molecule has 0 aliphatic rings. The molecule has 0 saturated carbocycles. The predicted octanol–water partition coefficient (Wildman–Crippen LogP) is 2.88. The highest BCUT2D eigenvalue weighted by atomic mass is 16.5. The summed E-state index contributed by atoms with van der Waals surface area (Å²) in [5.74, 6) is 0. The number of carbonyl (C=O) groups is 1. The van der Waals surface area contributed by atoms with Crippen molar-refractivity contribution in [1.82, 2.24) is 4.57 Å². The minimum Gasteiger partial charge on any atom is -0.377 e. The van der Waals surface area contributed by atoms with Crippen LogP contribution < -0.4 is 0 Å². The fourth-order valence-electron chi connectivity index (χ4n) is 1.87. The van der Waals surface area contributed by atoms with Crippen LogP contribution in [0.15, 0.2) is 30.5 Å². The first kappa shape index (κ1) is 11.9. The number of hydrogen-bond donors (Lipinski definition) is 0. The molecule has 0 amide bonds. The molecule has 1 aromatic carbocycles. The lowest BCUT2D eigenvalue weighted by atomic mass is 10.2. The van der Waals surface area contributed by atoms with Crippen LogP contribution in [0, 0.1) is 0 Å². The van der Waals surface area contributed by atoms with Gasteiger partial charge in [-0.3, -0.25) is 4.79 Å². The summed E-state index contributed by atoms with van der Waals surface area (Å²) < 4.78 is 7.68. The van der Waals surface area contributed by atoms with Gasteiger partial charge in [-0.15, -0.1) is 0 Å². The SMILES string of the molecule is CC(C)OCCn1ccc2cc(C=O)ccc21. The molecule has 1 aromatic heterocycles. The summed E-state index contributed by atoms with van der Waals surface area (Å²) in [5.41, 5.74) is 1.86. The molecule has 0 aliphatic carbocycles. The molecule has 0 spiro atoms. The maximum atomic E-state index is 10.7. The second kappa shape index (κ2) is 5.15. The topological polar surface area (TPSA) is 31.2 Å². The fraction of sp³-hybridized carbons (Fsp3) is 0.357. The highest BCUT2D eigenvalue weighted by Crippen LogP contribution is 2.17. The van der Waals surface area contributed by atoms with E-state index in [0.29, 0.717) is 12.2 Å². The van der Waals surface area contributed by atoms with E-state index in [1.54, 1.807) is 0 Å². The van der Waals surface area contributed by atoms with Crippen LogP contribution in [-0.4, -0.2) is 23.6 Å². The summed E-state index contributed by atoms with van der Waals surface area (Å²) in [5, 5.41) is 1.10. The standard InChI is InChI=1S/C14H17NO2/c1-11(2)17-8-7-15-6-5-13-9-12(10-16)3-4-14(13)15/h3-6,9-11H,7-8H2,1-2H3. The van der Waals surface area contributed by atoms with Crippen molar-refractivity contribution in [2.75, 3.05) is 6.61 Å². The van der Waals surface area contributed by atoms with Crippen molar-refractivity contribution >= 4 is 17.2 Å². The first-order chi connectivity index (χ1) is 8.20. The Hall–Kier alpha value is -1.61. The van der Waals surface area contributed by atoms with E-state index < -0.39 is 0 Å². The zero-order valence-electron chi connectivity index (χ0n) is 10.2.